The maximum Gasteiger partial charge on any atom is 0.434 e. The molecule has 2 aliphatic heterocycles. The summed E-state index contributed by atoms with van der Waals surface area (Å²) in [7, 11) is 0. The largest absolute Gasteiger partial charge is 0.434 e. The number of fused-ring (bicyclic) bond motifs is 2. The number of carbonyl (C=O) groups excluding carboxylic acids is 1. The van der Waals surface area contributed by atoms with Gasteiger partial charge in [0.05, 0.1) is 40.6 Å². The molecule has 11 heteroatoms. The van der Waals surface area contributed by atoms with Crippen molar-refractivity contribution in [3.05, 3.63) is 65.3 Å². The first kappa shape index (κ1) is 21.6. The quantitative estimate of drug-likeness (QED) is 0.601. The van der Waals surface area contributed by atoms with E-state index in [2.05, 4.69) is 25.3 Å². The lowest BCUT2D eigenvalue weighted by Gasteiger charge is -2.26. The molecule has 2 bridgehead atoms. The third-order valence-electron chi connectivity index (χ3n) is 6.08. The van der Waals surface area contributed by atoms with Crippen molar-refractivity contribution >= 4 is 23.3 Å². The summed E-state index contributed by atoms with van der Waals surface area (Å²) < 4.78 is 38.2. The second-order valence-electron chi connectivity index (χ2n) is 8.02. The molecule has 7 nitrogen and oxygen atoms in total. The Bertz CT molecular complexity index is 1170. The van der Waals surface area contributed by atoms with Crippen molar-refractivity contribution in [3.63, 3.8) is 0 Å². The van der Waals surface area contributed by atoms with Gasteiger partial charge in [0.2, 0.25) is 0 Å². The maximum atomic E-state index is 13.6. The highest BCUT2D eigenvalue weighted by atomic mass is 35.5. The standard InChI is InChI=1S/C22H18ClF3N6O/c23-14-4-1-3-13(19(14)20-27-7-2-8-28-20)21(33)32-12-5-6-16(32)15(9-12)31-18-11-29-17(10-30-18)22(24,25)26/h1-4,7-8,10-12,15-16H,5-6,9H2,(H,30,31)/t12-,15-,16+/m1/s1. The Morgan fingerprint density at radius 2 is 1.85 bits per heavy atom. The summed E-state index contributed by atoms with van der Waals surface area (Å²) in [5.74, 6) is 0.442. The minimum absolute atomic E-state index is 0.00549. The maximum absolute atomic E-state index is 13.6. The Labute approximate surface area is 192 Å². The molecule has 1 amide bonds. The molecule has 0 aliphatic carbocycles. The van der Waals surface area contributed by atoms with E-state index in [4.69, 9.17) is 11.6 Å². The number of rotatable bonds is 4. The van der Waals surface area contributed by atoms with Crippen molar-refractivity contribution in [2.45, 2.75) is 43.6 Å². The molecule has 3 aromatic rings. The van der Waals surface area contributed by atoms with Crippen LogP contribution in [0.4, 0.5) is 19.0 Å². The fraction of sp³-hybridized carbons (Fsp3) is 0.318. The average Bonchev–Trinajstić information content (AvgIpc) is 3.36. The van der Waals surface area contributed by atoms with E-state index < -0.39 is 11.9 Å². The monoisotopic (exact) mass is 474 g/mol. The predicted octanol–water partition coefficient (Wildman–Crippen LogP) is 4.46. The first-order valence-corrected chi connectivity index (χ1v) is 10.7. The molecular weight excluding hydrogens is 457 g/mol. The number of alkyl halides is 3. The summed E-state index contributed by atoms with van der Waals surface area (Å²) in [4.78, 5) is 31.3. The first-order valence-electron chi connectivity index (χ1n) is 10.4. The van der Waals surface area contributed by atoms with Crippen LogP contribution in [-0.2, 0) is 6.18 Å². The van der Waals surface area contributed by atoms with E-state index in [1.54, 1.807) is 36.7 Å². The number of nitrogens with one attached hydrogen (secondary N) is 1. The Kier molecular flexibility index (Phi) is 5.40. The lowest BCUT2D eigenvalue weighted by molar-refractivity contribution is -0.141. The van der Waals surface area contributed by atoms with E-state index in [1.165, 1.54) is 0 Å². The Morgan fingerprint density at radius 1 is 1.06 bits per heavy atom. The molecule has 2 saturated heterocycles. The third kappa shape index (κ3) is 3.99. The average molecular weight is 475 g/mol. The zero-order chi connectivity index (χ0) is 23.2. The molecule has 0 unspecified atom stereocenters. The number of hydrogen-bond donors (Lipinski definition) is 1. The summed E-state index contributed by atoms with van der Waals surface area (Å²) >= 11 is 6.43. The van der Waals surface area contributed by atoms with Crippen molar-refractivity contribution in [2.75, 3.05) is 5.32 Å². The van der Waals surface area contributed by atoms with E-state index in [9.17, 15) is 18.0 Å². The summed E-state index contributed by atoms with van der Waals surface area (Å²) in [5.41, 5.74) is -0.149. The predicted molar refractivity (Wildman–Crippen MR) is 115 cm³/mol. The van der Waals surface area contributed by atoms with Crippen molar-refractivity contribution in [2.24, 2.45) is 0 Å². The fourth-order valence-electron chi connectivity index (χ4n) is 4.70. The van der Waals surface area contributed by atoms with Gasteiger partial charge in [-0.15, -0.1) is 0 Å². The third-order valence-corrected chi connectivity index (χ3v) is 6.40. The summed E-state index contributed by atoms with van der Waals surface area (Å²) in [6.07, 6.45) is 2.70. The van der Waals surface area contributed by atoms with Crippen LogP contribution in [0.25, 0.3) is 11.4 Å². The highest BCUT2D eigenvalue weighted by molar-refractivity contribution is 6.34. The first-order chi connectivity index (χ1) is 15.8. The molecule has 33 heavy (non-hydrogen) atoms. The SMILES string of the molecule is O=C(c1cccc(Cl)c1-c1ncccn1)N1[C@@H]2CC[C@H]1[C@H](Nc1cnc(C(F)(F)F)cn1)C2. The Morgan fingerprint density at radius 3 is 2.55 bits per heavy atom. The van der Waals surface area contributed by atoms with Crippen LogP contribution in [0.15, 0.2) is 49.1 Å². The van der Waals surface area contributed by atoms with Crippen LogP contribution in [0.2, 0.25) is 5.02 Å². The molecule has 3 atom stereocenters. The van der Waals surface area contributed by atoms with Gasteiger partial charge in [-0.05, 0) is 37.5 Å². The van der Waals surface area contributed by atoms with Gasteiger partial charge in [-0.25, -0.2) is 19.9 Å². The lowest BCUT2D eigenvalue weighted by Crippen LogP contribution is -2.40. The van der Waals surface area contributed by atoms with Crippen molar-refractivity contribution in [1.82, 2.24) is 24.8 Å². The van der Waals surface area contributed by atoms with Crippen molar-refractivity contribution in [3.8, 4) is 11.4 Å². The summed E-state index contributed by atoms with van der Waals surface area (Å²) in [5, 5.41) is 3.54. The minimum Gasteiger partial charge on any atom is -0.364 e. The molecule has 1 N–H and O–H groups in total. The summed E-state index contributed by atoms with van der Waals surface area (Å²) in [6, 6.07) is 6.53. The van der Waals surface area contributed by atoms with Crippen LogP contribution in [0.5, 0.6) is 0 Å². The van der Waals surface area contributed by atoms with Gasteiger partial charge in [0.25, 0.3) is 5.91 Å². The second-order valence-corrected chi connectivity index (χ2v) is 8.42. The Hall–Kier alpha value is -3.27. The summed E-state index contributed by atoms with van der Waals surface area (Å²) in [6.45, 7) is 0. The Balaban J connectivity index is 1.39. The van der Waals surface area contributed by atoms with Crippen LogP contribution in [0.1, 0.15) is 35.3 Å². The van der Waals surface area contributed by atoms with E-state index >= 15 is 0 Å². The minimum atomic E-state index is -4.54. The number of halogens is 4. The van der Waals surface area contributed by atoms with Crippen LogP contribution in [0.3, 0.4) is 0 Å². The van der Waals surface area contributed by atoms with E-state index in [1.807, 2.05) is 4.90 Å². The van der Waals surface area contributed by atoms with Crippen LogP contribution >= 0.6 is 11.6 Å². The highest BCUT2D eigenvalue weighted by Gasteiger charge is 2.49. The molecule has 2 aromatic heterocycles. The lowest BCUT2D eigenvalue weighted by atomic mass is 9.95. The number of carbonyl (C=O) groups is 1. The van der Waals surface area contributed by atoms with Crippen LogP contribution < -0.4 is 5.32 Å². The molecule has 2 aliphatic rings. The molecule has 2 fully saturated rings. The van der Waals surface area contributed by atoms with Crippen molar-refractivity contribution in [1.29, 1.82) is 0 Å². The van der Waals surface area contributed by atoms with Gasteiger partial charge in [-0.2, -0.15) is 13.2 Å². The topological polar surface area (TPSA) is 83.9 Å². The van der Waals surface area contributed by atoms with Crippen LogP contribution in [0, 0.1) is 0 Å². The molecule has 0 spiro atoms. The van der Waals surface area contributed by atoms with Gasteiger partial charge in [0.15, 0.2) is 11.5 Å². The van der Waals surface area contributed by atoms with Gasteiger partial charge >= 0.3 is 6.18 Å². The van der Waals surface area contributed by atoms with Gasteiger partial charge in [0.1, 0.15) is 5.82 Å². The van der Waals surface area contributed by atoms with Gasteiger partial charge in [0, 0.05) is 18.4 Å². The van der Waals surface area contributed by atoms with Gasteiger partial charge < -0.3 is 10.2 Å². The highest BCUT2D eigenvalue weighted by Crippen LogP contribution is 2.41. The second kappa shape index (κ2) is 8.26. The number of amides is 1. The number of benzene rings is 1. The fourth-order valence-corrected chi connectivity index (χ4v) is 4.96. The van der Waals surface area contributed by atoms with Crippen LogP contribution in [-0.4, -0.2) is 48.9 Å². The number of aromatic nitrogens is 4. The van der Waals surface area contributed by atoms with Gasteiger partial charge in [-0.3, -0.25) is 4.79 Å². The van der Waals surface area contributed by atoms with E-state index in [-0.39, 0.29) is 29.9 Å². The smallest absolute Gasteiger partial charge is 0.364 e. The van der Waals surface area contributed by atoms with Crippen molar-refractivity contribution < 1.29 is 18.0 Å². The van der Waals surface area contributed by atoms with E-state index in [0.717, 1.165) is 19.0 Å². The number of anilines is 1. The van der Waals surface area contributed by atoms with E-state index in [0.29, 0.717) is 34.6 Å². The molecular formula is C22H18ClF3N6O. The number of hydrogen-bond acceptors (Lipinski definition) is 6. The molecule has 5 rings (SSSR count). The number of nitrogens with zero attached hydrogens (tertiary/aromatic N) is 5. The molecule has 1 aromatic carbocycles. The molecule has 0 saturated carbocycles. The molecule has 170 valence electrons. The van der Waals surface area contributed by atoms with Gasteiger partial charge in [-0.1, -0.05) is 17.7 Å². The normalized spacial score (nSPS) is 21.9. The molecule has 4 heterocycles. The molecule has 0 radical (unpaired) electrons. The zero-order valence-electron chi connectivity index (χ0n) is 17.1. The zero-order valence-corrected chi connectivity index (χ0v) is 17.9.